The van der Waals surface area contributed by atoms with Crippen molar-refractivity contribution in [1.82, 2.24) is 0 Å². The molecular formula is C12H14F3NO2S. The number of fused-ring (bicyclic) bond motifs is 1. The second-order valence-corrected chi connectivity index (χ2v) is 6.86. The summed E-state index contributed by atoms with van der Waals surface area (Å²) < 4.78 is 62.3. The number of alkyl halides is 3. The number of benzene rings is 1. The SMILES string of the molecule is Cc1ccc2c(c1)C(CCC(F)(F)F)S(=O)(=O)N2C. The number of anilines is 1. The van der Waals surface area contributed by atoms with Crippen LogP contribution in [0.25, 0.3) is 0 Å². The number of aryl methyl sites for hydroxylation is 1. The predicted octanol–water partition coefficient (Wildman–Crippen LogP) is 3.16. The molecule has 0 radical (unpaired) electrons. The minimum atomic E-state index is -4.35. The van der Waals surface area contributed by atoms with Gasteiger partial charge in [-0.3, -0.25) is 4.31 Å². The minimum Gasteiger partial charge on any atom is -0.272 e. The third-order valence-electron chi connectivity index (χ3n) is 3.30. The fraction of sp³-hybridized carbons (Fsp3) is 0.500. The summed E-state index contributed by atoms with van der Waals surface area (Å²) in [5.41, 5.74) is 1.77. The molecule has 0 fully saturated rings. The van der Waals surface area contributed by atoms with Crippen molar-refractivity contribution in [3.8, 4) is 0 Å². The van der Waals surface area contributed by atoms with Crippen molar-refractivity contribution in [3.05, 3.63) is 29.3 Å². The highest BCUT2D eigenvalue weighted by atomic mass is 32.2. The molecule has 0 aromatic heterocycles. The lowest BCUT2D eigenvalue weighted by molar-refractivity contribution is -0.135. The molecule has 0 spiro atoms. The summed E-state index contributed by atoms with van der Waals surface area (Å²) in [7, 11) is -2.36. The number of halogens is 3. The number of hydrogen-bond acceptors (Lipinski definition) is 2. The van der Waals surface area contributed by atoms with Crippen LogP contribution in [0.1, 0.15) is 29.2 Å². The zero-order chi connectivity index (χ0) is 14.4. The van der Waals surface area contributed by atoms with E-state index in [4.69, 9.17) is 0 Å². The highest BCUT2D eigenvalue weighted by Gasteiger charge is 2.42. The molecule has 106 valence electrons. The van der Waals surface area contributed by atoms with Gasteiger partial charge >= 0.3 is 6.18 Å². The van der Waals surface area contributed by atoms with Crippen LogP contribution in [0.4, 0.5) is 18.9 Å². The summed E-state index contributed by atoms with van der Waals surface area (Å²) in [5.74, 6) is 0. The zero-order valence-corrected chi connectivity index (χ0v) is 11.3. The lowest BCUT2D eigenvalue weighted by Gasteiger charge is -2.15. The molecule has 19 heavy (non-hydrogen) atoms. The Morgan fingerprint density at radius 2 is 1.95 bits per heavy atom. The van der Waals surface area contributed by atoms with Crippen LogP contribution in [0, 0.1) is 6.92 Å². The van der Waals surface area contributed by atoms with E-state index < -0.39 is 34.3 Å². The lowest BCUT2D eigenvalue weighted by Crippen LogP contribution is -2.25. The molecule has 1 aromatic rings. The molecule has 1 aliphatic rings. The first-order chi connectivity index (χ1) is 8.63. The Bertz CT molecular complexity index is 595. The molecule has 0 N–H and O–H groups in total. The largest absolute Gasteiger partial charge is 0.389 e. The highest BCUT2D eigenvalue weighted by molar-refractivity contribution is 7.93. The van der Waals surface area contributed by atoms with E-state index in [1.165, 1.54) is 7.05 Å². The molecule has 0 amide bonds. The molecule has 3 nitrogen and oxygen atoms in total. The standard InChI is InChI=1S/C12H14F3NO2S/c1-8-3-4-10-9(7-8)11(5-6-12(13,14)15)19(17,18)16(10)2/h3-4,7,11H,5-6H2,1-2H3. The molecule has 1 unspecified atom stereocenters. The molecule has 1 heterocycles. The van der Waals surface area contributed by atoms with Gasteiger partial charge in [-0.2, -0.15) is 13.2 Å². The first-order valence-electron chi connectivity index (χ1n) is 5.78. The Balaban J connectivity index is 2.40. The summed E-state index contributed by atoms with van der Waals surface area (Å²) in [5, 5.41) is -1.10. The van der Waals surface area contributed by atoms with E-state index >= 15 is 0 Å². The second kappa shape index (κ2) is 4.40. The molecule has 0 bridgehead atoms. The Hall–Kier alpha value is -1.24. The third-order valence-corrected chi connectivity index (χ3v) is 5.47. The monoisotopic (exact) mass is 293 g/mol. The van der Waals surface area contributed by atoms with Crippen molar-refractivity contribution in [2.45, 2.75) is 31.2 Å². The third kappa shape index (κ3) is 2.56. The summed E-state index contributed by atoms with van der Waals surface area (Å²) >= 11 is 0. The Labute approximate surface area is 110 Å². The van der Waals surface area contributed by atoms with E-state index in [0.29, 0.717) is 11.3 Å². The molecule has 1 aromatic carbocycles. The van der Waals surface area contributed by atoms with Crippen molar-refractivity contribution in [2.75, 3.05) is 11.4 Å². The number of rotatable bonds is 2. The van der Waals surface area contributed by atoms with E-state index in [0.717, 1.165) is 9.87 Å². The summed E-state index contributed by atoms with van der Waals surface area (Å²) in [6, 6.07) is 5.03. The fourth-order valence-corrected chi connectivity index (χ4v) is 4.05. The van der Waals surface area contributed by atoms with Gasteiger partial charge in [0, 0.05) is 13.5 Å². The summed E-state index contributed by atoms with van der Waals surface area (Å²) in [6.45, 7) is 1.78. The van der Waals surface area contributed by atoms with Crippen LogP contribution >= 0.6 is 0 Å². The normalized spacial score (nSPS) is 21.5. The van der Waals surface area contributed by atoms with Crippen molar-refractivity contribution < 1.29 is 21.6 Å². The van der Waals surface area contributed by atoms with Crippen LogP contribution in [-0.2, 0) is 10.0 Å². The maximum atomic E-state index is 12.3. The topological polar surface area (TPSA) is 37.4 Å². The summed E-state index contributed by atoms with van der Waals surface area (Å²) in [4.78, 5) is 0. The minimum absolute atomic E-state index is 0.438. The van der Waals surface area contributed by atoms with Crippen LogP contribution in [0.2, 0.25) is 0 Å². The van der Waals surface area contributed by atoms with Crippen LogP contribution in [0.15, 0.2) is 18.2 Å². The Morgan fingerprint density at radius 3 is 2.53 bits per heavy atom. The van der Waals surface area contributed by atoms with E-state index in [9.17, 15) is 21.6 Å². The second-order valence-electron chi connectivity index (χ2n) is 4.72. The van der Waals surface area contributed by atoms with Crippen molar-refractivity contribution in [2.24, 2.45) is 0 Å². The maximum absolute atomic E-state index is 12.3. The molecule has 0 saturated carbocycles. The van der Waals surface area contributed by atoms with E-state index in [1.54, 1.807) is 25.1 Å². The first-order valence-corrected chi connectivity index (χ1v) is 7.28. The molecule has 0 aliphatic carbocycles. The Kier molecular flexibility index (Phi) is 3.28. The number of nitrogens with zero attached hydrogens (tertiary/aromatic N) is 1. The van der Waals surface area contributed by atoms with Crippen LogP contribution in [0.5, 0.6) is 0 Å². The van der Waals surface area contributed by atoms with E-state index in [1.807, 2.05) is 0 Å². The van der Waals surface area contributed by atoms with Gasteiger partial charge in [-0.1, -0.05) is 17.7 Å². The van der Waals surface area contributed by atoms with Gasteiger partial charge in [-0.15, -0.1) is 0 Å². The van der Waals surface area contributed by atoms with Gasteiger partial charge < -0.3 is 0 Å². The predicted molar refractivity (Wildman–Crippen MR) is 66.5 cm³/mol. The molecule has 7 heteroatoms. The van der Waals surface area contributed by atoms with Gasteiger partial charge in [0.15, 0.2) is 0 Å². The van der Waals surface area contributed by atoms with Gasteiger partial charge in [-0.05, 0) is 25.0 Å². The van der Waals surface area contributed by atoms with Gasteiger partial charge in [0.2, 0.25) is 10.0 Å². The van der Waals surface area contributed by atoms with Gasteiger partial charge in [-0.25, -0.2) is 8.42 Å². The molecular weight excluding hydrogens is 279 g/mol. The maximum Gasteiger partial charge on any atom is 0.389 e. The van der Waals surface area contributed by atoms with Gasteiger partial charge in [0.1, 0.15) is 5.25 Å². The van der Waals surface area contributed by atoms with Crippen molar-refractivity contribution in [1.29, 1.82) is 0 Å². The van der Waals surface area contributed by atoms with Gasteiger partial charge in [0.25, 0.3) is 0 Å². The molecule has 2 rings (SSSR count). The van der Waals surface area contributed by atoms with Crippen LogP contribution in [0.3, 0.4) is 0 Å². The zero-order valence-electron chi connectivity index (χ0n) is 10.5. The average molecular weight is 293 g/mol. The smallest absolute Gasteiger partial charge is 0.272 e. The number of sulfonamides is 1. The number of hydrogen-bond donors (Lipinski definition) is 0. The van der Waals surface area contributed by atoms with Crippen molar-refractivity contribution in [3.63, 3.8) is 0 Å². The highest BCUT2D eigenvalue weighted by Crippen LogP contribution is 2.45. The quantitative estimate of drug-likeness (QED) is 0.840. The lowest BCUT2D eigenvalue weighted by atomic mass is 10.0. The molecule has 1 atom stereocenters. The van der Waals surface area contributed by atoms with E-state index in [-0.39, 0.29) is 0 Å². The van der Waals surface area contributed by atoms with E-state index in [2.05, 4.69) is 0 Å². The average Bonchev–Trinajstić information content (AvgIpc) is 2.43. The van der Waals surface area contributed by atoms with Crippen molar-refractivity contribution >= 4 is 15.7 Å². The van der Waals surface area contributed by atoms with Gasteiger partial charge in [0.05, 0.1) is 5.69 Å². The first kappa shape index (κ1) is 14.2. The summed E-state index contributed by atoms with van der Waals surface area (Å²) in [6.07, 6.45) is -5.88. The van der Waals surface area contributed by atoms with Crippen LogP contribution < -0.4 is 4.31 Å². The molecule has 0 saturated heterocycles. The Morgan fingerprint density at radius 1 is 1.32 bits per heavy atom. The fourth-order valence-electron chi connectivity index (χ4n) is 2.31. The molecule has 1 aliphatic heterocycles. The van der Waals surface area contributed by atoms with Crippen LogP contribution in [-0.4, -0.2) is 21.6 Å².